The number of rotatable bonds is 2. The van der Waals surface area contributed by atoms with Crippen LogP contribution in [0.1, 0.15) is 43.2 Å². The molecule has 1 aliphatic carbocycles. The second-order valence-electron chi connectivity index (χ2n) is 6.07. The topological polar surface area (TPSA) is 3.24 Å². The molecule has 1 aliphatic heterocycles. The molecule has 0 amide bonds. The highest BCUT2D eigenvalue weighted by atomic mass is 15.1. The fourth-order valence-corrected chi connectivity index (χ4v) is 3.63. The largest absolute Gasteiger partial charge is 0.302 e. The number of nitrogens with zero attached hydrogens (tertiary/aromatic N) is 1. The minimum Gasteiger partial charge on any atom is -0.302 e. The van der Waals surface area contributed by atoms with Gasteiger partial charge in [-0.2, -0.15) is 0 Å². The van der Waals surface area contributed by atoms with E-state index in [9.17, 15) is 0 Å². The van der Waals surface area contributed by atoms with Gasteiger partial charge in [-0.15, -0.1) is 0 Å². The van der Waals surface area contributed by atoms with Crippen LogP contribution in [0.15, 0.2) is 24.3 Å². The molecule has 1 aromatic rings. The first-order chi connectivity index (χ1) is 8.92. The van der Waals surface area contributed by atoms with Gasteiger partial charge in [-0.05, 0) is 42.7 Å². The molecular formula is C17H25N. The van der Waals surface area contributed by atoms with Gasteiger partial charge >= 0.3 is 0 Å². The van der Waals surface area contributed by atoms with Gasteiger partial charge in [0, 0.05) is 19.6 Å². The SMILES string of the molecule is c1ccc2c(c1)CCN(CC1CCCCC1)CC2. The Balaban J connectivity index is 1.57. The predicted molar refractivity (Wildman–Crippen MR) is 76.9 cm³/mol. The van der Waals surface area contributed by atoms with Crippen molar-refractivity contribution in [3.8, 4) is 0 Å². The summed E-state index contributed by atoms with van der Waals surface area (Å²) in [4.78, 5) is 2.72. The minimum absolute atomic E-state index is 0.986. The van der Waals surface area contributed by atoms with Gasteiger partial charge in [-0.1, -0.05) is 43.5 Å². The van der Waals surface area contributed by atoms with E-state index in [0.29, 0.717) is 0 Å². The second-order valence-corrected chi connectivity index (χ2v) is 6.07. The van der Waals surface area contributed by atoms with Crippen molar-refractivity contribution in [1.82, 2.24) is 4.90 Å². The van der Waals surface area contributed by atoms with Gasteiger partial charge in [-0.25, -0.2) is 0 Å². The van der Waals surface area contributed by atoms with E-state index in [1.54, 1.807) is 11.1 Å². The Morgan fingerprint density at radius 2 is 1.50 bits per heavy atom. The van der Waals surface area contributed by atoms with Crippen LogP contribution in [0, 0.1) is 5.92 Å². The maximum absolute atomic E-state index is 2.72. The van der Waals surface area contributed by atoms with Crippen LogP contribution >= 0.6 is 0 Å². The Hall–Kier alpha value is -0.820. The van der Waals surface area contributed by atoms with Crippen LogP contribution in [0.3, 0.4) is 0 Å². The first-order valence-corrected chi connectivity index (χ1v) is 7.71. The summed E-state index contributed by atoms with van der Waals surface area (Å²) in [6.07, 6.45) is 9.87. The molecule has 0 aromatic heterocycles. The fraction of sp³-hybridized carbons (Fsp3) is 0.647. The molecule has 1 heteroatoms. The van der Waals surface area contributed by atoms with Crippen molar-refractivity contribution in [2.45, 2.75) is 44.9 Å². The molecular weight excluding hydrogens is 218 g/mol. The maximum Gasteiger partial charge on any atom is 0.00222 e. The Labute approximate surface area is 111 Å². The Bertz CT molecular complexity index is 352. The average molecular weight is 243 g/mol. The van der Waals surface area contributed by atoms with Crippen LogP contribution in [0.5, 0.6) is 0 Å². The lowest BCUT2D eigenvalue weighted by atomic mass is 9.89. The number of hydrogen-bond donors (Lipinski definition) is 0. The number of fused-ring (bicyclic) bond motifs is 1. The molecule has 0 saturated heterocycles. The van der Waals surface area contributed by atoms with E-state index in [0.717, 1.165) is 5.92 Å². The third-order valence-electron chi connectivity index (χ3n) is 4.75. The van der Waals surface area contributed by atoms with E-state index >= 15 is 0 Å². The smallest absolute Gasteiger partial charge is 0.00222 e. The van der Waals surface area contributed by atoms with Crippen molar-refractivity contribution in [3.05, 3.63) is 35.4 Å². The molecule has 0 bridgehead atoms. The molecule has 1 saturated carbocycles. The number of benzene rings is 1. The van der Waals surface area contributed by atoms with Crippen LogP contribution in [0.25, 0.3) is 0 Å². The van der Waals surface area contributed by atoms with Crippen molar-refractivity contribution < 1.29 is 0 Å². The van der Waals surface area contributed by atoms with Gasteiger partial charge in [0.25, 0.3) is 0 Å². The van der Waals surface area contributed by atoms with Gasteiger partial charge < -0.3 is 4.90 Å². The molecule has 2 aliphatic rings. The van der Waals surface area contributed by atoms with Crippen LogP contribution in [-0.2, 0) is 12.8 Å². The average Bonchev–Trinajstić information content (AvgIpc) is 2.63. The Morgan fingerprint density at radius 3 is 2.11 bits per heavy atom. The molecule has 3 rings (SSSR count). The maximum atomic E-state index is 2.72. The third-order valence-corrected chi connectivity index (χ3v) is 4.75. The summed E-state index contributed by atoms with van der Waals surface area (Å²) in [6, 6.07) is 9.02. The molecule has 1 fully saturated rings. The van der Waals surface area contributed by atoms with Crippen LogP contribution < -0.4 is 0 Å². The normalized spacial score (nSPS) is 22.4. The first-order valence-electron chi connectivity index (χ1n) is 7.71. The highest BCUT2D eigenvalue weighted by Crippen LogP contribution is 2.25. The summed E-state index contributed by atoms with van der Waals surface area (Å²) in [7, 11) is 0. The van der Waals surface area contributed by atoms with Crippen molar-refractivity contribution in [2.75, 3.05) is 19.6 Å². The van der Waals surface area contributed by atoms with Crippen LogP contribution in [0.2, 0.25) is 0 Å². The lowest BCUT2D eigenvalue weighted by Crippen LogP contribution is -2.32. The lowest BCUT2D eigenvalue weighted by molar-refractivity contribution is 0.207. The molecule has 0 atom stereocenters. The molecule has 0 radical (unpaired) electrons. The molecule has 1 heterocycles. The van der Waals surface area contributed by atoms with E-state index in [4.69, 9.17) is 0 Å². The van der Waals surface area contributed by atoms with E-state index in [1.807, 2.05) is 0 Å². The van der Waals surface area contributed by atoms with Gasteiger partial charge in [0.15, 0.2) is 0 Å². The molecule has 0 unspecified atom stereocenters. The van der Waals surface area contributed by atoms with Crippen LogP contribution in [0.4, 0.5) is 0 Å². The van der Waals surface area contributed by atoms with E-state index in [-0.39, 0.29) is 0 Å². The highest BCUT2D eigenvalue weighted by Gasteiger charge is 2.19. The van der Waals surface area contributed by atoms with Gasteiger partial charge in [0.2, 0.25) is 0 Å². The van der Waals surface area contributed by atoms with E-state index in [1.165, 1.54) is 64.6 Å². The predicted octanol–water partition coefficient (Wildman–Crippen LogP) is 3.67. The van der Waals surface area contributed by atoms with Crippen molar-refractivity contribution >= 4 is 0 Å². The molecule has 0 N–H and O–H groups in total. The summed E-state index contributed by atoms with van der Waals surface area (Å²) in [6.45, 7) is 3.90. The zero-order valence-electron chi connectivity index (χ0n) is 11.4. The second kappa shape index (κ2) is 5.88. The fourth-order valence-electron chi connectivity index (χ4n) is 3.63. The molecule has 1 aromatic carbocycles. The van der Waals surface area contributed by atoms with Crippen molar-refractivity contribution in [2.24, 2.45) is 5.92 Å². The zero-order chi connectivity index (χ0) is 12.2. The Morgan fingerprint density at radius 1 is 0.889 bits per heavy atom. The summed E-state index contributed by atoms with van der Waals surface area (Å²) in [5, 5.41) is 0. The zero-order valence-corrected chi connectivity index (χ0v) is 11.4. The summed E-state index contributed by atoms with van der Waals surface area (Å²) < 4.78 is 0. The molecule has 1 nitrogen and oxygen atoms in total. The lowest BCUT2D eigenvalue weighted by Gasteiger charge is -2.28. The molecule has 98 valence electrons. The highest BCUT2D eigenvalue weighted by molar-refractivity contribution is 5.28. The quantitative estimate of drug-likeness (QED) is 0.766. The minimum atomic E-state index is 0.986. The summed E-state index contributed by atoms with van der Waals surface area (Å²) in [5.41, 5.74) is 3.17. The van der Waals surface area contributed by atoms with Gasteiger partial charge in [-0.3, -0.25) is 0 Å². The number of hydrogen-bond acceptors (Lipinski definition) is 1. The van der Waals surface area contributed by atoms with Gasteiger partial charge in [0.1, 0.15) is 0 Å². The first kappa shape index (κ1) is 12.2. The molecule has 18 heavy (non-hydrogen) atoms. The van der Waals surface area contributed by atoms with Crippen molar-refractivity contribution in [3.63, 3.8) is 0 Å². The third kappa shape index (κ3) is 2.95. The van der Waals surface area contributed by atoms with Crippen molar-refractivity contribution in [1.29, 1.82) is 0 Å². The van der Waals surface area contributed by atoms with Gasteiger partial charge in [0.05, 0.1) is 0 Å². The standard InChI is InChI=1S/C17H25N/c1-2-6-15(7-3-1)14-18-12-10-16-8-4-5-9-17(16)11-13-18/h4-5,8-9,15H,1-3,6-7,10-14H2. The molecule has 0 spiro atoms. The van der Waals surface area contributed by atoms with E-state index < -0.39 is 0 Å². The monoisotopic (exact) mass is 243 g/mol. The Kier molecular flexibility index (Phi) is 3.99. The van der Waals surface area contributed by atoms with Crippen LogP contribution in [-0.4, -0.2) is 24.5 Å². The summed E-state index contributed by atoms with van der Waals surface area (Å²) >= 11 is 0. The van der Waals surface area contributed by atoms with E-state index in [2.05, 4.69) is 29.2 Å². The summed E-state index contributed by atoms with van der Waals surface area (Å²) in [5.74, 6) is 0.986.